The Morgan fingerprint density at radius 1 is 1.18 bits per heavy atom. The van der Waals surface area contributed by atoms with Crippen molar-refractivity contribution in [2.45, 2.75) is 45.1 Å². The molecular weight excluding hydrogens is 226 g/mol. The van der Waals surface area contributed by atoms with Crippen molar-refractivity contribution in [1.29, 1.82) is 0 Å². The molecule has 0 aliphatic heterocycles. The molecule has 3 fully saturated rings. The molecule has 0 heterocycles. The van der Waals surface area contributed by atoms with Crippen molar-refractivity contribution in [2.24, 2.45) is 29.6 Å². The van der Waals surface area contributed by atoms with Gasteiger partial charge in [0.05, 0.1) is 0 Å². The predicted octanol–water partition coefficient (Wildman–Crippen LogP) is 3.40. The Morgan fingerprint density at radius 2 is 2.00 bits per heavy atom. The Hall–Kier alpha value is 0.310. The van der Waals surface area contributed by atoms with Gasteiger partial charge in [0.15, 0.2) is 0 Å². The molecule has 1 N–H and O–H groups in total. The van der Waals surface area contributed by atoms with Gasteiger partial charge in [-0.2, -0.15) is 11.8 Å². The van der Waals surface area contributed by atoms with Crippen LogP contribution in [0.5, 0.6) is 0 Å². The predicted molar refractivity (Wildman–Crippen MR) is 76.4 cm³/mol. The Kier molecular flexibility index (Phi) is 3.72. The average Bonchev–Trinajstić information content (AvgIpc) is 2.98. The molecule has 3 rings (SSSR count). The van der Waals surface area contributed by atoms with Crippen LogP contribution in [-0.4, -0.2) is 24.6 Å². The molecule has 3 saturated carbocycles. The third-order valence-electron chi connectivity index (χ3n) is 5.61. The zero-order chi connectivity index (χ0) is 11.8. The van der Waals surface area contributed by atoms with E-state index in [2.05, 4.69) is 18.5 Å². The summed E-state index contributed by atoms with van der Waals surface area (Å²) in [6.07, 6.45) is 9.91. The monoisotopic (exact) mass is 253 g/mol. The van der Waals surface area contributed by atoms with Gasteiger partial charge >= 0.3 is 0 Å². The molecule has 6 unspecified atom stereocenters. The first kappa shape index (κ1) is 12.3. The van der Waals surface area contributed by atoms with E-state index in [-0.39, 0.29) is 0 Å². The van der Waals surface area contributed by atoms with Gasteiger partial charge in [-0.3, -0.25) is 0 Å². The summed E-state index contributed by atoms with van der Waals surface area (Å²) in [5, 5.41) is 3.90. The molecule has 98 valence electrons. The van der Waals surface area contributed by atoms with E-state index in [1.165, 1.54) is 25.1 Å². The lowest BCUT2D eigenvalue weighted by Crippen LogP contribution is -2.41. The molecule has 0 spiro atoms. The first-order valence-corrected chi connectivity index (χ1v) is 8.91. The van der Waals surface area contributed by atoms with Crippen LogP contribution in [0.2, 0.25) is 0 Å². The summed E-state index contributed by atoms with van der Waals surface area (Å²) in [4.78, 5) is 0. The van der Waals surface area contributed by atoms with Gasteiger partial charge in [-0.25, -0.2) is 0 Å². The molecule has 0 aromatic rings. The van der Waals surface area contributed by atoms with E-state index in [1.54, 1.807) is 19.3 Å². The van der Waals surface area contributed by atoms with Crippen LogP contribution in [0, 0.1) is 29.6 Å². The van der Waals surface area contributed by atoms with Crippen LogP contribution in [0.1, 0.15) is 39.0 Å². The lowest BCUT2D eigenvalue weighted by molar-refractivity contribution is 0.206. The van der Waals surface area contributed by atoms with Crippen molar-refractivity contribution in [1.82, 2.24) is 5.32 Å². The second-order valence-electron chi connectivity index (χ2n) is 6.73. The average molecular weight is 253 g/mol. The maximum absolute atomic E-state index is 3.90. The molecule has 2 heteroatoms. The smallest absolute Gasteiger partial charge is 0.0101 e. The minimum absolute atomic E-state index is 0.837. The number of hydrogen-bond donors (Lipinski definition) is 1. The van der Waals surface area contributed by atoms with Crippen LogP contribution in [0.15, 0.2) is 0 Å². The minimum Gasteiger partial charge on any atom is -0.313 e. The van der Waals surface area contributed by atoms with Gasteiger partial charge < -0.3 is 5.32 Å². The Labute approximate surface area is 111 Å². The normalized spacial score (nSPS) is 45.2. The van der Waals surface area contributed by atoms with Crippen LogP contribution in [0.3, 0.4) is 0 Å². The van der Waals surface area contributed by atoms with Gasteiger partial charge in [-0.15, -0.1) is 0 Å². The van der Waals surface area contributed by atoms with Gasteiger partial charge in [0, 0.05) is 6.04 Å². The Morgan fingerprint density at radius 3 is 2.82 bits per heavy atom. The van der Waals surface area contributed by atoms with Crippen LogP contribution < -0.4 is 5.32 Å². The second-order valence-corrected chi connectivity index (χ2v) is 7.64. The summed E-state index contributed by atoms with van der Waals surface area (Å²) in [6.45, 7) is 3.63. The fourth-order valence-corrected chi connectivity index (χ4v) is 5.69. The minimum atomic E-state index is 0.837. The van der Waals surface area contributed by atoms with Crippen LogP contribution in [0.4, 0.5) is 0 Å². The number of hydrogen-bond acceptors (Lipinski definition) is 2. The van der Waals surface area contributed by atoms with Gasteiger partial charge in [0.1, 0.15) is 0 Å². The summed E-state index contributed by atoms with van der Waals surface area (Å²) >= 11 is 1.98. The molecule has 0 saturated heterocycles. The lowest BCUT2D eigenvalue weighted by atomic mass is 9.79. The van der Waals surface area contributed by atoms with E-state index in [1.807, 2.05) is 11.8 Å². The molecule has 17 heavy (non-hydrogen) atoms. The fourth-order valence-electron chi connectivity index (χ4n) is 5.00. The first-order valence-electron chi connectivity index (χ1n) is 7.52. The van der Waals surface area contributed by atoms with Gasteiger partial charge in [-0.1, -0.05) is 13.3 Å². The molecule has 1 nitrogen and oxygen atoms in total. The molecule has 6 atom stereocenters. The Balaban J connectivity index is 1.50. The molecule has 0 aromatic heterocycles. The molecule has 3 aliphatic carbocycles. The highest BCUT2D eigenvalue weighted by Crippen LogP contribution is 2.58. The van der Waals surface area contributed by atoms with Crippen molar-refractivity contribution >= 4 is 11.8 Å². The van der Waals surface area contributed by atoms with Crippen molar-refractivity contribution in [3.63, 3.8) is 0 Å². The third-order valence-corrected chi connectivity index (χ3v) is 6.51. The highest BCUT2D eigenvalue weighted by molar-refractivity contribution is 7.98. The van der Waals surface area contributed by atoms with Gasteiger partial charge in [0.2, 0.25) is 0 Å². The zero-order valence-corrected chi connectivity index (χ0v) is 12.1. The molecule has 0 amide bonds. The van der Waals surface area contributed by atoms with Crippen molar-refractivity contribution in [2.75, 3.05) is 18.6 Å². The van der Waals surface area contributed by atoms with Gasteiger partial charge in [0.25, 0.3) is 0 Å². The summed E-state index contributed by atoms with van der Waals surface area (Å²) in [5.74, 6) is 6.54. The number of fused-ring (bicyclic) bond motifs is 5. The number of thioether (sulfide) groups is 1. The number of rotatable bonds is 5. The van der Waals surface area contributed by atoms with Crippen LogP contribution in [0.25, 0.3) is 0 Å². The summed E-state index contributed by atoms with van der Waals surface area (Å²) in [5.41, 5.74) is 0. The maximum Gasteiger partial charge on any atom is 0.0101 e. The molecule has 3 aliphatic rings. The van der Waals surface area contributed by atoms with E-state index in [9.17, 15) is 0 Å². The summed E-state index contributed by atoms with van der Waals surface area (Å²) < 4.78 is 0. The topological polar surface area (TPSA) is 12.0 Å². The summed E-state index contributed by atoms with van der Waals surface area (Å²) in [6, 6.07) is 0.878. The quantitative estimate of drug-likeness (QED) is 0.806. The van der Waals surface area contributed by atoms with E-state index in [0.29, 0.717) is 0 Å². The molecular formula is C15H27NS. The van der Waals surface area contributed by atoms with E-state index in [0.717, 1.165) is 35.6 Å². The largest absolute Gasteiger partial charge is 0.313 e. The van der Waals surface area contributed by atoms with E-state index >= 15 is 0 Å². The van der Waals surface area contributed by atoms with E-state index < -0.39 is 0 Å². The highest BCUT2D eigenvalue weighted by atomic mass is 32.2. The van der Waals surface area contributed by atoms with Crippen LogP contribution >= 0.6 is 11.8 Å². The highest BCUT2D eigenvalue weighted by Gasteiger charge is 2.53. The molecule has 2 bridgehead atoms. The van der Waals surface area contributed by atoms with Crippen molar-refractivity contribution < 1.29 is 0 Å². The fraction of sp³-hybridized carbons (Fsp3) is 1.00. The third kappa shape index (κ3) is 2.28. The number of nitrogens with one attached hydrogen (secondary N) is 1. The maximum atomic E-state index is 3.90. The van der Waals surface area contributed by atoms with E-state index in [4.69, 9.17) is 0 Å². The molecule has 0 aromatic carbocycles. The zero-order valence-electron chi connectivity index (χ0n) is 11.3. The first-order chi connectivity index (χ1) is 8.29. The van der Waals surface area contributed by atoms with Crippen molar-refractivity contribution in [3.05, 3.63) is 0 Å². The summed E-state index contributed by atoms with van der Waals surface area (Å²) in [7, 11) is 0. The lowest BCUT2D eigenvalue weighted by Gasteiger charge is -2.32. The van der Waals surface area contributed by atoms with Crippen LogP contribution in [-0.2, 0) is 0 Å². The molecule has 0 radical (unpaired) electrons. The second kappa shape index (κ2) is 5.13. The Bertz CT molecular complexity index is 268. The standard InChI is InChI=1S/C15H27NS/c1-10(9-17-2)8-16-15-7-11-6-14(15)13-5-3-4-12(11)13/h10-16H,3-9H2,1-2H3. The van der Waals surface area contributed by atoms with Crippen molar-refractivity contribution in [3.8, 4) is 0 Å². The van der Waals surface area contributed by atoms with Gasteiger partial charge in [-0.05, 0) is 73.8 Å². The SMILES string of the molecule is CSCC(C)CNC1CC2CC1C1CCCC21.